The van der Waals surface area contributed by atoms with Gasteiger partial charge in [-0.1, -0.05) is 0 Å². The molecule has 27 heavy (non-hydrogen) atoms. The largest absolute Gasteiger partial charge is 0.452 e. The van der Waals surface area contributed by atoms with E-state index in [-0.39, 0.29) is 5.56 Å². The Morgan fingerprint density at radius 3 is 2.56 bits per heavy atom. The number of nitrogens with two attached hydrogens (primary N) is 1. The van der Waals surface area contributed by atoms with E-state index in [2.05, 4.69) is 10.4 Å². The summed E-state index contributed by atoms with van der Waals surface area (Å²) in [6.45, 7) is 1.44. The van der Waals surface area contributed by atoms with Crippen LogP contribution in [-0.4, -0.2) is 34.2 Å². The summed E-state index contributed by atoms with van der Waals surface area (Å²) < 4.78 is 6.74. The summed E-state index contributed by atoms with van der Waals surface area (Å²) >= 11 is 1.16. The molecule has 0 aliphatic carbocycles. The molecule has 0 saturated carbocycles. The number of rotatable bonds is 6. The number of hydrogen-bond acceptors (Lipinski definition) is 6. The lowest BCUT2D eigenvalue weighted by Crippen LogP contribution is -2.22. The highest BCUT2D eigenvalue weighted by Crippen LogP contribution is 2.22. The first kappa shape index (κ1) is 18.3. The number of ether oxygens (including phenoxy) is 1. The molecule has 0 spiro atoms. The van der Waals surface area contributed by atoms with E-state index in [4.69, 9.17) is 10.5 Å². The normalized spacial score (nSPS) is 10.4. The molecule has 2 aromatic heterocycles. The standard InChI is InChI=1S/C18H16N4O4S/c1-11-6-8-20-22(11)13-4-2-12(3-5-13)18(25)26-10-15(23)21-17-14(16(19)24)7-9-27-17/h2-9H,10H2,1H3,(H2,19,24)(H,21,23). The molecule has 3 aromatic rings. The van der Waals surface area contributed by atoms with Gasteiger partial charge in [-0.2, -0.15) is 5.10 Å². The molecular weight excluding hydrogens is 368 g/mol. The van der Waals surface area contributed by atoms with Crippen LogP contribution < -0.4 is 11.1 Å². The van der Waals surface area contributed by atoms with E-state index < -0.39 is 24.4 Å². The third-order valence-electron chi connectivity index (χ3n) is 3.70. The smallest absolute Gasteiger partial charge is 0.338 e. The third kappa shape index (κ3) is 4.21. The average molecular weight is 384 g/mol. The zero-order chi connectivity index (χ0) is 19.4. The first-order chi connectivity index (χ1) is 13.0. The number of aryl methyl sites for hydroxylation is 1. The van der Waals surface area contributed by atoms with Crippen LogP contribution in [0.5, 0.6) is 0 Å². The van der Waals surface area contributed by atoms with Crippen molar-refractivity contribution in [2.45, 2.75) is 6.92 Å². The number of amides is 2. The number of aromatic nitrogens is 2. The van der Waals surface area contributed by atoms with Gasteiger partial charge in [-0.15, -0.1) is 11.3 Å². The minimum atomic E-state index is -0.643. The van der Waals surface area contributed by atoms with Crippen LogP contribution in [0.25, 0.3) is 5.69 Å². The third-order valence-corrected chi connectivity index (χ3v) is 4.53. The fourth-order valence-electron chi connectivity index (χ4n) is 2.36. The minimum Gasteiger partial charge on any atom is -0.452 e. The van der Waals surface area contributed by atoms with Crippen molar-refractivity contribution in [1.82, 2.24) is 9.78 Å². The number of anilines is 1. The van der Waals surface area contributed by atoms with E-state index in [9.17, 15) is 14.4 Å². The predicted octanol–water partition coefficient (Wildman–Crippen LogP) is 2.14. The van der Waals surface area contributed by atoms with Crippen LogP contribution in [0, 0.1) is 6.92 Å². The van der Waals surface area contributed by atoms with Gasteiger partial charge >= 0.3 is 5.97 Å². The van der Waals surface area contributed by atoms with Crippen LogP contribution in [0.1, 0.15) is 26.4 Å². The Kier molecular flexibility index (Phi) is 5.32. The topological polar surface area (TPSA) is 116 Å². The Labute approximate surface area is 158 Å². The highest BCUT2D eigenvalue weighted by molar-refractivity contribution is 7.14. The number of carbonyl (C=O) groups excluding carboxylic acids is 3. The van der Waals surface area contributed by atoms with Crippen LogP contribution in [0.15, 0.2) is 48.0 Å². The minimum absolute atomic E-state index is 0.212. The molecular formula is C18H16N4O4S. The maximum absolute atomic E-state index is 12.1. The molecule has 0 bridgehead atoms. The summed E-state index contributed by atoms with van der Waals surface area (Å²) in [6, 6.07) is 10.1. The molecule has 9 heteroatoms. The Morgan fingerprint density at radius 2 is 1.93 bits per heavy atom. The van der Waals surface area contributed by atoms with Crippen molar-refractivity contribution in [2.75, 3.05) is 11.9 Å². The summed E-state index contributed by atoms with van der Waals surface area (Å²) in [5.41, 5.74) is 7.51. The molecule has 0 saturated heterocycles. The predicted molar refractivity (Wildman–Crippen MR) is 100 cm³/mol. The van der Waals surface area contributed by atoms with Gasteiger partial charge < -0.3 is 15.8 Å². The first-order valence-corrected chi connectivity index (χ1v) is 8.79. The van der Waals surface area contributed by atoms with Crippen molar-refractivity contribution < 1.29 is 19.1 Å². The molecule has 138 valence electrons. The molecule has 0 radical (unpaired) electrons. The van der Waals surface area contributed by atoms with E-state index in [0.29, 0.717) is 10.6 Å². The maximum atomic E-state index is 12.1. The van der Waals surface area contributed by atoms with E-state index in [1.54, 1.807) is 40.5 Å². The Balaban J connectivity index is 1.57. The van der Waals surface area contributed by atoms with Crippen LogP contribution in [-0.2, 0) is 9.53 Å². The number of nitrogens with one attached hydrogen (secondary N) is 1. The van der Waals surface area contributed by atoms with Crippen LogP contribution >= 0.6 is 11.3 Å². The Morgan fingerprint density at radius 1 is 1.19 bits per heavy atom. The molecule has 0 fully saturated rings. The molecule has 2 heterocycles. The second-order valence-corrected chi connectivity index (χ2v) is 6.50. The molecule has 8 nitrogen and oxygen atoms in total. The summed E-state index contributed by atoms with van der Waals surface area (Å²) in [5.74, 6) is -1.83. The fraction of sp³-hybridized carbons (Fsp3) is 0.111. The second-order valence-electron chi connectivity index (χ2n) is 5.58. The number of thiophene rings is 1. The molecule has 0 unspecified atom stereocenters. The van der Waals surface area contributed by atoms with Crippen molar-refractivity contribution in [3.63, 3.8) is 0 Å². The van der Waals surface area contributed by atoms with E-state index in [1.165, 1.54) is 6.07 Å². The van der Waals surface area contributed by atoms with Gasteiger partial charge in [-0.3, -0.25) is 9.59 Å². The Bertz CT molecular complexity index is 991. The summed E-state index contributed by atoms with van der Waals surface area (Å²) in [5, 5.41) is 8.64. The second kappa shape index (κ2) is 7.83. The van der Waals surface area contributed by atoms with Crippen molar-refractivity contribution in [3.05, 3.63) is 64.8 Å². The van der Waals surface area contributed by atoms with Crippen LogP contribution in [0.3, 0.4) is 0 Å². The van der Waals surface area contributed by atoms with Crippen LogP contribution in [0.2, 0.25) is 0 Å². The Hall–Kier alpha value is -3.46. The monoisotopic (exact) mass is 384 g/mol. The molecule has 0 aliphatic heterocycles. The van der Waals surface area contributed by atoms with Gasteiger partial charge in [0.05, 0.1) is 16.8 Å². The molecule has 3 rings (SSSR count). The molecule has 0 atom stereocenters. The van der Waals surface area contributed by atoms with Gasteiger partial charge in [0.25, 0.3) is 11.8 Å². The van der Waals surface area contributed by atoms with E-state index >= 15 is 0 Å². The average Bonchev–Trinajstić information content (AvgIpc) is 3.28. The lowest BCUT2D eigenvalue weighted by molar-refractivity contribution is -0.119. The summed E-state index contributed by atoms with van der Waals surface area (Å²) in [6.07, 6.45) is 1.69. The number of primary amides is 1. The van der Waals surface area contributed by atoms with E-state index in [1.807, 2.05) is 13.0 Å². The van der Waals surface area contributed by atoms with Crippen molar-refractivity contribution in [2.24, 2.45) is 5.73 Å². The van der Waals surface area contributed by atoms with Gasteiger partial charge in [0.15, 0.2) is 6.61 Å². The van der Waals surface area contributed by atoms with Gasteiger partial charge in [0.1, 0.15) is 5.00 Å². The fourth-order valence-corrected chi connectivity index (χ4v) is 3.16. The van der Waals surface area contributed by atoms with Gasteiger partial charge in [-0.05, 0) is 48.7 Å². The molecule has 3 N–H and O–H groups in total. The lowest BCUT2D eigenvalue weighted by Gasteiger charge is -2.08. The number of nitrogens with zero attached hydrogens (tertiary/aromatic N) is 2. The number of carbonyl (C=O) groups is 3. The lowest BCUT2D eigenvalue weighted by atomic mass is 10.2. The van der Waals surface area contributed by atoms with Gasteiger partial charge in [0, 0.05) is 11.9 Å². The number of benzene rings is 1. The maximum Gasteiger partial charge on any atom is 0.338 e. The van der Waals surface area contributed by atoms with Crippen LogP contribution in [0.4, 0.5) is 5.00 Å². The highest BCUT2D eigenvalue weighted by Gasteiger charge is 2.15. The van der Waals surface area contributed by atoms with Crippen molar-refractivity contribution in [1.29, 1.82) is 0 Å². The first-order valence-electron chi connectivity index (χ1n) is 7.91. The van der Waals surface area contributed by atoms with E-state index in [0.717, 1.165) is 22.7 Å². The highest BCUT2D eigenvalue weighted by atomic mass is 32.1. The molecule has 1 aromatic carbocycles. The SMILES string of the molecule is Cc1ccnn1-c1ccc(C(=O)OCC(=O)Nc2sccc2C(N)=O)cc1. The molecule has 2 amide bonds. The quantitative estimate of drug-likeness (QED) is 0.632. The zero-order valence-electron chi connectivity index (χ0n) is 14.3. The van der Waals surface area contributed by atoms with Gasteiger partial charge in [-0.25, -0.2) is 9.48 Å². The summed E-state index contributed by atoms with van der Waals surface area (Å²) in [7, 11) is 0. The zero-order valence-corrected chi connectivity index (χ0v) is 15.2. The number of esters is 1. The molecule has 0 aliphatic rings. The van der Waals surface area contributed by atoms with Crippen molar-refractivity contribution >= 4 is 34.1 Å². The van der Waals surface area contributed by atoms with Gasteiger partial charge in [0.2, 0.25) is 0 Å². The van der Waals surface area contributed by atoms with Crippen molar-refractivity contribution in [3.8, 4) is 5.69 Å². The summed E-state index contributed by atoms with van der Waals surface area (Å²) in [4.78, 5) is 35.3. The number of hydrogen-bond donors (Lipinski definition) is 2.